The second-order valence-electron chi connectivity index (χ2n) is 3.61. The third kappa shape index (κ3) is 4.02. The van der Waals surface area contributed by atoms with Crippen LogP contribution in [0, 0.1) is 12.7 Å². The highest BCUT2D eigenvalue weighted by molar-refractivity contribution is 6.25. The topological polar surface area (TPSA) is 26.0 Å². The Kier molecular flexibility index (Phi) is 4.79. The van der Waals surface area contributed by atoms with Gasteiger partial charge in [0.25, 0.3) is 0 Å². The molecule has 82 valence electrons. The molecule has 1 rings (SSSR count). The van der Waals surface area contributed by atoms with Gasteiger partial charge >= 0.3 is 0 Å². The zero-order valence-corrected chi connectivity index (χ0v) is 9.52. The van der Waals surface area contributed by atoms with Crippen molar-refractivity contribution in [2.24, 2.45) is 5.73 Å². The third-order valence-corrected chi connectivity index (χ3v) is 2.56. The van der Waals surface area contributed by atoms with Crippen LogP contribution in [0.25, 0.3) is 0 Å². The summed E-state index contributed by atoms with van der Waals surface area (Å²) in [5, 5.41) is 0. The van der Waals surface area contributed by atoms with Gasteiger partial charge in [0.2, 0.25) is 0 Å². The van der Waals surface area contributed by atoms with E-state index in [4.69, 9.17) is 17.3 Å². The fraction of sp³-hybridized carbons (Fsp3) is 0.333. The van der Waals surface area contributed by atoms with Crippen molar-refractivity contribution in [3.63, 3.8) is 0 Å². The minimum Gasteiger partial charge on any atom is -0.327 e. The number of hydrogen-bond acceptors (Lipinski definition) is 1. The molecule has 0 fully saturated rings. The second-order valence-corrected chi connectivity index (χ2v) is 3.83. The maximum absolute atomic E-state index is 13.1. The fourth-order valence-corrected chi connectivity index (χ4v) is 1.66. The summed E-state index contributed by atoms with van der Waals surface area (Å²) in [4.78, 5) is 0. The summed E-state index contributed by atoms with van der Waals surface area (Å²) < 4.78 is 13.1. The molecule has 0 radical (unpaired) electrons. The van der Waals surface area contributed by atoms with Crippen molar-refractivity contribution in [2.45, 2.75) is 19.8 Å². The molecule has 1 nitrogen and oxygen atoms in total. The predicted molar refractivity (Wildman–Crippen MR) is 62.4 cm³/mol. The highest BCUT2D eigenvalue weighted by Crippen LogP contribution is 2.13. The van der Waals surface area contributed by atoms with Crippen LogP contribution in [0.2, 0.25) is 0 Å². The molecule has 1 aromatic carbocycles. The van der Waals surface area contributed by atoms with Crippen LogP contribution >= 0.6 is 11.6 Å². The van der Waals surface area contributed by atoms with E-state index < -0.39 is 0 Å². The Morgan fingerprint density at radius 3 is 2.73 bits per heavy atom. The van der Waals surface area contributed by atoms with Crippen molar-refractivity contribution in [1.82, 2.24) is 0 Å². The first-order valence-electron chi connectivity index (χ1n) is 4.90. The summed E-state index contributed by atoms with van der Waals surface area (Å²) in [5.74, 6) is -0.186. The van der Waals surface area contributed by atoms with Gasteiger partial charge in [0.05, 0.1) is 0 Å². The van der Waals surface area contributed by atoms with Gasteiger partial charge in [0.15, 0.2) is 0 Å². The summed E-state index contributed by atoms with van der Waals surface area (Å²) in [6.45, 7) is 2.34. The molecule has 2 N–H and O–H groups in total. The number of hydrogen-bond donors (Lipinski definition) is 1. The van der Waals surface area contributed by atoms with Crippen molar-refractivity contribution in [3.05, 3.63) is 46.3 Å². The highest BCUT2D eigenvalue weighted by atomic mass is 35.5. The van der Waals surface area contributed by atoms with Crippen LogP contribution in [0.1, 0.15) is 17.5 Å². The Morgan fingerprint density at radius 1 is 1.47 bits per heavy atom. The molecule has 0 bridgehead atoms. The number of aryl methyl sites for hydroxylation is 2. The number of rotatable bonds is 4. The molecule has 0 heterocycles. The normalized spacial score (nSPS) is 11.9. The van der Waals surface area contributed by atoms with E-state index in [1.807, 2.05) is 13.0 Å². The van der Waals surface area contributed by atoms with Crippen LogP contribution in [-0.2, 0) is 6.42 Å². The molecule has 15 heavy (non-hydrogen) atoms. The number of nitrogens with two attached hydrogens (primary N) is 1. The maximum atomic E-state index is 13.1. The van der Waals surface area contributed by atoms with Gasteiger partial charge in [-0.15, -0.1) is 0 Å². The Hall–Kier alpha value is -0.860. The predicted octanol–water partition coefficient (Wildman–Crippen LogP) is 3.15. The Labute approximate surface area is 94.7 Å². The van der Waals surface area contributed by atoms with E-state index in [9.17, 15) is 4.39 Å². The average Bonchev–Trinajstić information content (AvgIpc) is 2.18. The minimum absolute atomic E-state index is 0.186. The molecular weight excluding hydrogens is 213 g/mol. The first-order valence-corrected chi connectivity index (χ1v) is 5.33. The van der Waals surface area contributed by atoms with Crippen molar-refractivity contribution >= 4 is 11.6 Å². The molecule has 0 aromatic heterocycles. The minimum atomic E-state index is -0.186. The Morgan fingerprint density at radius 2 is 2.20 bits per heavy atom. The molecule has 3 heteroatoms. The quantitative estimate of drug-likeness (QED) is 0.840. The summed E-state index contributed by atoms with van der Waals surface area (Å²) in [7, 11) is 0. The molecule has 0 amide bonds. The zero-order valence-electron chi connectivity index (χ0n) is 8.76. The van der Waals surface area contributed by atoms with Crippen LogP contribution in [0.5, 0.6) is 0 Å². The van der Waals surface area contributed by atoms with Gasteiger partial charge in [-0.25, -0.2) is 4.39 Å². The first kappa shape index (κ1) is 12.2. The molecule has 0 aliphatic heterocycles. The zero-order chi connectivity index (χ0) is 11.3. The van der Waals surface area contributed by atoms with Gasteiger partial charge in [-0.3, -0.25) is 0 Å². The summed E-state index contributed by atoms with van der Waals surface area (Å²) in [6.07, 6.45) is 1.55. The molecule has 1 aromatic rings. The molecule has 0 saturated heterocycles. The molecular formula is C12H15ClFN. The van der Waals surface area contributed by atoms with E-state index in [1.54, 1.807) is 6.07 Å². The van der Waals surface area contributed by atoms with Gasteiger partial charge in [-0.05, 0) is 48.6 Å². The van der Waals surface area contributed by atoms with E-state index in [0.29, 0.717) is 6.54 Å². The molecule has 0 unspecified atom stereocenters. The first-order chi connectivity index (χ1) is 7.15. The molecule has 0 spiro atoms. The second kappa shape index (κ2) is 5.89. The lowest BCUT2D eigenvalue weighted by molar-refractivity contribution is 0.624. The van der Waals surface area contributed by atoms with Crippen LogP contribution in [-0.4, -0.2) is 6.54 Å². The average molecular weight is 228 g/mol. The van der Waals surface area contributed by atoms with Crippen molar-refractivity contribution in [2.75, 3.05) is 6.54 Å². The SMILES string of the molecule is Cc1cc(F)cc(CC/C(=C/Cl)CN)c1. The lowest BCUT2D eigenvalue weighted by Gasteiger charge is -2.05. The monoisotopic (exact) mass is 227 g/mol. The van der Waals surface area contributed by atoms with Crippen LogP contribution < -0.4 is 5.73 Å². The van der Waals surface area contributed by atoms with Gasteiger partial charge in [-0.1, -0.05) is 17.7 Å². The molecule has 0 aliphatic carbocycles. The van der Waals surface area contributed by atoms with Crippen molar-refractivity contribution < 1.29 is 4.39 Å². The standard InChI is InChI=1S/C12H15ClFN/c1-9-4-10(6-12(14)5-9)2-3-11(7-13)8-15/h4-7H,2-3,8,15H2,1H3/b11-7-. The molecule has 0 saturated carbocycles. The van der Waals surface area contributed by atoms with Crippen LogP contribution in [0.3, 0.4) is 0 Å². The van der Waals surface area contributed by atoms with E-state index in [1.165, 1.54) is 11.6 Å². The largest absolute Gasteiger partial charge is 0.327 e. The van der Waals surface area contributed by atoms with E-state index in [2.05, 4.69) is 0 Å². The maximum Gasteiger partial charge on any atom is 0.123 e. The number of benzene rings is 1. The Bertz CT molecular complexity index is 340. The lowest BCUT2D eigenvalue weighted by atomic mass is 10.0. The Balaban J connectivity index is 2.65. The van der Waals surface area contributed by atoms with Crippen LogP contribution in [0.15, 0.2) is 29.3 Å². The van der Waals surface area contributed by atoms with Crippen molar-refractivity contribution in [1.29, 1.82) is 0 Å². The van der Waals surface area contributed by atoms with Gasteiger partial charge in [-0.2, -0.15) is 0 Å². The number of halogens is 2. The summed E-state index contributed by atoms with van der Waals surface area (Å²) in [6, 6.07) is 5.05. The van der Waals surface area contributed by atoms with E-state index in [-0.39, 0.29) is 5.82 Å². The van der Waals surface area contributed by atoms with Gasteiger partial charge in [0.1, 0.15) is 5.82 Å². The third-order valence-electron chi connectivity index (χ3n) is 2.25. The van der Waals surface area contributed by atoms with Crippen molar-refractivity contribution in [3.8, 4) is 0 Å². The highest BCUT2D eigenvalue weighted by Gasteiger charge is 2.00. The summed E-state index contributed by atoms with van der Waals surface area (Å²) in [5.41, 5.74) is 9.89. The smallest absolute Gasteiger partial charge is 0.123 e. The van der Waals surface area contributed by atoms with Crippen LogP contribution in [0.4, 0.5) is 4.39 Å². The molecule has 0 atom stereocenters. The van der Waals surface area contributed by atoms with Gasteiger partial charge in [0, 0.05) is 12.1 Å². The fourth-order valence-electron chi connectivity index (χ4n) is 1.46. The van der Waals surface area contributed by atoms with Gasteiger partial charge < -0.3 is 5.73 Å². The molecule has 0 aliphatic rings. The van der Waals surface area contributed by atoms with E-state index in [0.717, 1.165) is 29.5 Å². The van der Waals surface area contributed by atoms with E-state index >= 15 is 0 Å². The lowest BCUT2D eigenvalue weighted by Crippen LogP contribution is -2.03. The summed E-state index contributed by atoms with van der Waals surface area (Å²) >= 11 is 5.58.